The van der Waals surface area contributed by atoms with E-state index in [1.54, 1.807) is 6.20 Å². The Labute approximate surface area is 205 Å². The van der Waals surface area contributed by atoms with Crippen LogP contribution in [0.4, 0.5) is 18.9 Å². The van der Waals surface area contributed by atoms with Crippen LogP contribution in [0.5, 0.6) is 0 Å². The number of nitrogens with zero attached hydrogens (tertiary/aromatic N) is 3. The summed E-state index contributed by atoms with van der Waals surface area (Å²) in [6, 6.07) is 11.9. The molecule has 0 aliphatic carbocycles. The van der Waals surface area contributed by atoms with Gasteiger partial charge in [-0.15, -0.1) is 0 Å². The molecule has 1 fully saturated rings. The lowest BCUT2D eigenvalue weighted by Crippen LogP contribution is -2.35. The summed E-state index contributed by atoms with van der Waals surface area (Å²) in [6.07, 6.45) is 0.446. The number of anilines is 1. The number of halogens is 3. The molecule has 1 aliphatic heterocycles. The topological polar surface area (TPSA) is 94.1 Å². The van der Waals surface area contributed by atoms with Gasteiger partial charge in [-0.2, -0.15) is 18.3 Å². The number of fused-ring (bicyclic) bond motifs is 1. The predicted octanol–water partition coefficient (Wildman–Crippen LogP) is 4.85. The van der Waals surface area contributed by atoms with Gasteiger partial charge in [-0.1, -0.05) is 6.07 Å². The van der Waals surface area contributed by atoms with Crippen molar-refractivity contribution in [1.82, 2.24) is 20.1 Å². The first-order valence-corrected chi connectivity index (χ1v) is 11.6. The van der Waals surface area contributed by atoms with Crippen molar-refractivity contribution >= 4 is 22.5 Å². The molecule has 0 atom stereocenters. The van der Waals surface area contributed by atoms with Gasteiger partial charge in [-0.05, 0) is 66.4 Å². The summed E-state index contributed by atoms with van der Waals surface area (Å²) in [5.74, 6) is -0.530. The number of rotatable bonds is 5. The zero-order valence-corrected chi connectivity index (χ0v) is 19.2. The highest BCUT2D eigenvalue weighted by Gasteiger charge is 2.30. The van der Waals surface area contributed by atoms with Crippen molar-refractivity contribution < 1.29 is 23.1 Å². The highest BCUT2D eigenvalue weighted by molar-refractivity contribution is 6.11. The first-order chi connectivity index (χ1) is 17.3. The molecule has 0 radical (unpaired) electrons. The number of carbonyl (C=O) groups excluding carboxylic acids is 1. The maximum atomic E-state index is 12.9. The Morgan fingerprint density at radius 2 is 1.81 bits per heavy atom. The van der Waals surface area contributed by atoms with Crippen LogP contribution in [0.25, 0.3) is 22.0 Å². The number of aromatic amines is 1. The van der Waals surface area contributed by atoms with E-state index in [1.807, 2.05) is 24.4 Å². The smallest absolute Gasteiger partial charge is 0.393 e. The van der Waals surface area contributed by atoms with Crippen molar-refractivity contribution in [2.75, 3.05) is 18.4 Å². The second kappa shape index (κ2) is 9.71. The van der Waals surface area contributed by atoms with Gasteiger partial charge in [0.05, 0.1) is 17.2 Å². The van der Waals surface area contributed by atoms with E-state index in [1.165, 1.54) is 12.1 Å². The number of likely N-dealkylation sites (tertiary alicyclic amines) is 1. The van der Waals surface area contributed by atoms with Crippen LogP contribution in [0, 0.1) is 0 Å². The van der Waals surface area contributed by atoms with Crippen LogP contribution in [-0.4, -0.2) is 50.3 Å². The molecule has 2 aromatic heterocycles. The van der Waals surface area contributed by atoms with E-state index in [9.17, 15) is 23.1 Å². The molecule has 3 heterocycles. The van der Waals surface area contributed by atoms with Crippen molar-refractivity contribution in [3.63, 3.8) is 0 Å². The quantitative estimate of drug-likeness (QED) is 0.368. The van der Waals surface area contributed by atoms with Gasteiger partial charge in [0, 0.05) is 48.7 Å². The lowest BCUT2D eigenvalue weighted by atomic mass is 10.0. The van der Waals surface area contributed by atoms with Crippen molar-refractivity contribution in [3.8, 4) is 11.1 Å². The summed E-state index contributed by atoms with van der Waals surface area (Å²) in [5, 5.41) is 19.9. The van der Waals surface area contributed by atoms with Gasteiger partial charge < -0.3 is 10.4 Å². The average molecular weight is 496 g/mol. The Balaban J connectivity index is 1.35. The molecule has 1 aliphatic rings. The van der Waals surface area contributed by atoms with Crippen LogP contribution in [0.3, 0.4) is 0 Å². The number of aliphatic hydroxyl groups is 1. The van der Waals surface area contributed by atoms with Gasteiger partial charge >= 0.3 is 6.18 Å². The standard InChI is InChI=1S/C26H24F3N5O2/c27-26(28,29)19-2-4-20(5-3-19)31-25(36)24-22-12-17(1-6-23(22)32-33-24)18-11-16(13-30-14-18)15-34-9-7-21(35)8-10-34/h1-6,11-14,21,35H,7-10,15H2,(H,31,36)(H,32,33). The van der Waals surface area contributed by atoms with Gasteiger partial charge in [0.1, 0.15) is 0 Å². The monoisotopic (exact) mass is 495 g/mol. The Morgan fingerprint density at radius 1 is 1.06 bits per heavy atom. The van der Waals surface area contributed by atoms with E-state index < -0.39 is 17.6 Å². The van der Waals surface area contributed by atoms with Gasteiger partial charge in [0.15, 0.2) is 5.69 Å². The number of aromatic nitrogens is 3. The highest BCUT2D eigenvalue weighted by atomic mass is 19.4. The first-order valence-electron chi connectivity index (χ1n) is 11.6. The molecule has 4 aromatic rings. The maximum absolute atomic E-state index is 12.9. The molecule has 186 valence electrons. The third kappa shape index (κ3) is 5.24. The molecule has 10 heteroatoms. The number of alkyl halides is 3. The van der Waals surface area contributed by atoms with Gasteiger partial charge in [0.2, 0.25) is 0 Å². The van der Waals surface area contributed by atoms with Crippen molar-refractivity contribution in [1.29, 1.82) is 0 Å². The van der Waals surface area contributed by atoms with Crippen molar-refractivity contribution in [3.05, 3.63) is 77.7 Å². The summed E-state index contributed by atoms with van der Waals surface area (Å²) in [5.41, 5.74) is 3.05. The van der Waals surface area contributed by atoms with Gasteiger partial charge in [0.25, 0.3) is 5.91 Å². The molecular weight excluding hydrogens is 471 g/mol. The lowest BCUT2D eigenvalue weighted by molar-refractivity contribution is -0.137. The highest BCUT2D eigenvalue weighted by Crippen LogP contribution is 2.30. The zero-order valence-electron chi connectivity index (χ0n) is 19.2. The predicted molar refractivity (Wildman–Crippen MR) is 129 cm³/mol. The minimum absolute atomic E-state index is 0.141. The third-order valence-corrected chi connectivity index (χ3v) is 6.34. The number of nitrogens with one attached hydrogen (secondary N) is 2. The van der Waals surface area contributed by atoms with E-state index in [-0.39, 0.29) is 17.5 Å². The molecule has 3 N–H and O–H groups in total. The van der Waals surface area contributed by atoms with Crippen LogP contribution in [0.1, 0.15) is 34.5 Å². The Bertz CT molecular complexity index is 1380. The molecule has 0 bridgehead atoms. The fourth-order valence-corrected chi connectivity index (χ4v) is 4.37. The number of hydrogen-bond donors (Lipinski definition) is 3. The Morgan fingerprint density at radius 3 is 2.53 bits per heavy atom. The van der Waals surface area contributed by atoms with Crippen LogP contribution in [0.15, 0.2) is 60.9 Å². The molecular formula is C26H24F3N5O2. The SMILES string of the molecule is O=C(Nc1ccc(C(F)(F)F)cc1)c1n[nH]c2ccc(-c3cncc(CN4CCC(O)CC4)c3)cc12. The van der Waals surface area contributed by atoms with E-state index >= 15 is 0 Å². The van der Waals surface area contributed by atoms with Crippen LogP contribution in [-0.2, 0) is 12.7 Å². The summed E-state index contributed by atoms with van der Waals surface area (Å²) in [4.78, 5) is 19.5. The number of benzene rings is 2. The number of carbonyl (C=O) groups is 1. The van der Waals surface area contributed by atoms with Crippen molar-refractivity contribution in [2.45, 2.75) is 31.7 Å². The second-order valence-electron chi connectivity index (χ2n) is 8.95. The maximum Gasteiger partial charge on any atom is 0.416 e. The van der Waals surface area contributed by atoms with Crippen molar-refractivity contribution in [2.24, 2.45) is 0 Å². The van der Waals surface area contributed by atoms with Crippen LogP contribution in [0.2, 0.25) is 0 Å². The summed E-state index contributed by atoms with van der Waals surface area (Å²) < 4.78 is 38.4. The number of pyridine rings is 1. The lowest BCUT2D eigenvalue weighted by Gasteiger charge is -2.29. The fraction of sp³-hybridized carbons (Fsp3) is 0.269. The number of H-pyrrole nitrogens is 1. The fourth-order valence-electron chi connectivity index (χ4n) is 4.37. The second-order valence-corrected chi connectivity index (χ2v) is 8.95. The number of hydrogen-bond acceptors (Lipinski definition) is 5. The molecule has 0 saturated carbocycles. The molecule has 1 amide bonds. The van der Waals surface area contributed by atoms with E-state index in [2.05, 4.69) is 31.5 Å². The number of piperidine rings is 1. The van der Waals surface area contributed by atoms with E-state index in [0.29, 0.717) is 10.9 Å². The summed E-state index contributed by atoms with van der Waals surface area (Å²) in [7, 11) is 0. The summed E-state index contributed by atoms with van der Waals surface area (Å²) >= 11 is 0. The number of amides is 1. The minimum Gasteiger partial charge on any atom is -0.393 e. The van der Waals surface area contributed by atoms with Crippen LogP contribution >= 0.6 is 0 Å². The summed E-state index contributed by atoms with van der Waals surface area (Å²) in [6.45, 7) is 2.41. The van der Waals surface area contributed by atoms with E-state index in [4.69, 9.17) is 0 Å². The third-order valence-electron chi connectivity index (χ3n) is 6.34. The van der Waals surface area contributed by atoms with Gasteiger partial charge in [-0.25, -0.2) is 0 Å². The average Bonchev–Trinajstić information content (AvgIpc) is 3.29. The molecule has 5 rings (SSSR count). The normalized spacial score (nSPS) is 15.3. The molecule has 36 heavy (non-hydrogen) atoms. The molecule has 2 aromatic carbocycles. The molecule has 0 unspecified atom stereocenters. The Kier molecular flexibility index (Phi) is 6.46. The molecule has 7 nitrogen and oxygen atoms in total. The first kappa shape index (κ1) is 24.0. The molecule has 1 saturated heterocycles. The minimum atomic E-state index is -4.44. The van der Waals surface area contributed by atoms with E-state index in [0.717, 1.165) is 61.3 Å². The van der Waals surface area contributed by atoms with Gasteiger partial charge in [-0.3, -0.25) is 19.8 Å². The zero-order chi connectivity index (χ0) is 25.3. The van der Waals surface area contributed by atoms with Crippen LogP contribution < -0.4 is 5.32 Å². The molecule has 0 spiro atoms. The Hall–Kier alpha value is -3.76. The largest absolute Gasteiger partial charge is 0.416 e. The number of aliphatic hydroxyl groups excluding tert-OH is 1.